The highest BCUT2D eigenvalue weighted by Crippen LogP contribution is 2.37. The second kappa shape index (κ2) is 6.16. The molecule has 0 radical (unpaired) electrons. The minimum absolute atomic E-state index is 0.00195. The molecule has 0 heterocycles. The van der Waals surface area contributed by atoms with Crippen molar-refractivity contribution >= 4 is 14.2 Å². The summed E-state index contributed by atoms with van der Waals surface area (Å²) < 4.78 is 5.85. The van der Waals surface area contributed by atoms with E-state index >= 15 is 0 Å². The molecule has 6 nitrogen and oxygen atoms in total. The topological polar surface area (TPSA) is 95.3 Å². The summed E-state index contributed by atoms with van der Waals surface area (Å²) in [5.41, 5.74) is 8.13. The van der Waals surface area contributed by atoms with E-state index in [0.29, 0.717) is 0 Å². The first-order valence-electron chi connectivity index (χ1n) is 5.50. The van der Waals surface area contributed by atoms with Crippen molar-refractivity contribution in [3.05, 3.63) is 10.4 Å². The van der Waals surface area contributed by atoms with Crippen molar-refractivity contribution in [2.24, 2.45) is 5.11 Å². The molecule has 0 unspecified atom stereocenters. The third kappa shape index (κ3) is 5.32. The molecule has 0 fully saturated rings. The number of carbonyl (C=O) groups excluding carboxylic acids is 1. The van der Waals surface area contributed by atoms with Crippen LogP contribution in [-0.4, -0.2) is 32.0 Å². The van der Waals surface area contributed by atoms with Gasteiger partial charge in [-0.3, -0.25) is 4.79 Å². The first-order chi connectivity index (χ1) is 7.64. The molecule has 1 N–H and O–H groups in total. The monoisotopic (exact) mass is 259 g/mol. The maximum Gasteiger partial charge on any atom is 0.221 e. The molecule has 0 bridgehead atoms. The fourth-order valence-electron chi connectivity index (χ4n) is 1.02. The van der Waals surface area contributed by atoms with Gasteiger partial charge < -0.3 is 9.53 Å². The number of aliphatic hydroxyl groups is 1. The Kier molecular flexibility index (Phi) is 5.84. The normalized spacial score (nSPS) is 14.0. The molecule has 0 rings (SSSR count). The van der Waals surface area contributed by atoms with Gasteiger partial charge >= 0.3 is 0 Å². The first-order valence-corrected chi connectivity index (χ1v) is 8.41. The van der Waals surface area contributed by atoms with Gasteiger partial charge in [0.05, 0.1) is 12.7 Å². The lowest BCUT2D eigenvalue weighted by atomic mass is 10.2. The van der Waals surface area contributed by atoms with Gasteiger partial charge in [-0.2, -0.15) is 0 Å². The Morgan fingerprint density at radius 3 is 2.41 bits per heavy atom. The Labute approximate surface area is 103 Å². The number of amides is 1. The maximum absolute atomic E-state index is 11.2. The Bertz CT molecular complexity index is 319. The van der Waals surface area contributed by atoms with Crippen LogP contribution in [0.1, 0.15) is 27.2 Å². The highest BCUT2D eigenvalue weighted by Gasteiger charge is 2.39. The quantitative estimate of drug-likeness (QED) is 0.356. The second-order valence-electron chi connectivity index (χ2n) is 5.47. The summed E-state index contributed by atoms with van der Waals surface area (Å²) in [4.78, 5) is 13.6. The number of hydrogen-bond donors (Lipinski definition) is 1. The molecule has 0 saturated heterocycles. The van der Waals surface area contributed by atoms with Crippen LogP contribution in [0, 0.1) is 0 Å². The lowest BCUT2D eigenvalue weighted by Crippen LogP contribution is -2.45. The van der Waals surface area contributed by atoms with Gasteiger partial charge in [-0.25, -0.2) is 0 Å². The lowest BCUT2D eigenvalue weighted by molar-refractivity contribution is -0.120. The van der Waals surface area contributed by atoms with Crippen LogP contribution in [0.4, 0.5) is 0 Å². The van der Waals surface area contributed by atoms with Crippen molar-refractivity contribution in [2.45, 2.75) is 51.4 Å². The molecule has 0 aromatic rings. The SMILES string of the molecule is CC(C)(C)[Si](C)(C)O[C@@H](CO)CC(=O)N=[N+]=[N-]. The van der Waals surface area contributed by atoms with E-state index in [4.69, 9.17) is 9.96 Å². The van der Waals surface area contributed by atoms with E-state index in [1.54, 1.807) is 0 Å². The Hall–Kier alpha value is -0.883. The van der Waals surface area contributed by atoms with Crippen LogP contribution in [0.2, 0.25) is 18.1 Å². The molecule has 1 amide bonds. The summed E-state index contributed by atoms with van der Waals surface area (Å²) in [7, 11) is -2.03. The van der Waals surface area contributed by atoms with Gasteiger partial charge in [0.1, 0.15) is 0 Å². The number of hydrogen-bond acceptors (Lipinski definition) is 3. The van der Waals surface area contributed by atoms with Crippen LogP contribution >= 0.6 is 0 Å². The number of azide groups is 1. The van der Waals surface area contributed by atoms with Crippen LogP contribution in [0.15, 0.2) is 5.11 Å². The van der Waals surface area contributed by atoms with Gasteiger partial charge in [-0.1, -0.05) is 20.8 Å². The fourth-order valence-corrected chi connectivity index (χ4v) is 2.37. The maximum atomic E-state index is 11.2. The summed E-state index contributed by atoms with van der Waals surface area (Å²) in [5, 5.41) is 12.2. The van der Waals surface area contributed by atoms with Crippen LogP contribution in [-0.2, 0) is 9.22 Å². The molecule has 7 heteroatoms. The van der Waals surface area contributed by atoms with Crippen LogP contribution in [0.3, 0.4) is 0 Å². The molecule has 0 spiro atoms. The largest absolute Gasteiger partial charge is 0.411 e. The molecule has 98 valence electrons. The summed E-state index contributed by atoms with van der Waals surface area (Å²) >= 11 is 0. The van der Waals surface area contributed by atoms with Gasteiger partial charge in [-0.05, 0) is 28.8 Å². The first kappa shape index (κ1) is 16.1. The molecule has 17 heavy (non-hydrogen) atoms. The zero-order chi connectivity index (χ0) is 13.7. The molecule has 0 aliphatic rings. The molecule has 0 aliphatic carbocycles. The van der Waals surface area contributed by atoms with Crippen molar-refractivity contribution in [2.75, 3.05) is 6.61 Å². The summed E-state index contributed by atoms with van der Waals surface area (Å²) in [6, 6.07) is 0. The zero-order valence-electron chi connectivity index (χ0n) is 11.1. The number of nitrogens with zero attached hydrogens (tertiary/aromatic N) is 3. The van der Waals surface area contributed by atoms with Crippen LogP contribution in [0.5, 0.6) is 0 Å². The smallest absolute Gasteiger partial charge is 0.221 e. The molecule has 0 aliphatic heterocycles. The van der Waals surface area contributed by atoms with E-state index in [1.807, 2.05) is 13.1 Å². The number of rotatable bonds is 5. The van der Waals surface area contributed by atoms with E-state index in [2.05, 4.69) is 30.8 Å². The molecular formula is C10H21N3O3Si. The standard InChI is InChI=1S/C10H21N3O3Si/c1-10(2,3)17(4,5)16-8(7-14)6-9(15)12-13-11/h8,14H,6-7H2,1-5H3/t8-/m1/s1. The minimum atomic E-state index is -2.03. The Morgan fingerprint density at radius 2 is 2.06 bits per heavy atom. The van der Waals surface area contributed by atoms with Crippen LogP contribution < -0.4 is 0 Å². The van der Waals surface area contributed by atoms with Gasteiger partial charge in [-0.15, -0.1) is 0 Å². The van der Waals surface area contributed by atoms with Crippen molar-refractivity contribution in [3.63, 3.8) is 0 Å². The summed E-state index contributed by atoms with van der Waals surface area (Å²) in [5.74, 6) is -0.606. The van der Waals surface area contributed by atoms with Crippen molar-refractivity contribution in [1.29, 1.82) is 0 Å². The van der Waals surface area contributed by atoms with Gasteiger partial charge in [0.25, 0.3) is 0 Å². The third-order valence-corrected chi connectivity index (χ3v) is 7.56. The second-order valence-corrected chi connectivity index (χ2v) is 10.2. The number of aliphatic hydroxyl groups excluding tert-OH is 1. The van der Waals surface area contributed by atoms with Crippen LogP contribution in [0.25, 0.3) is 10.4 Å². The predicted molar refractivity (Wildman–Crippen MR) is 67.9 cm³/mol. The van der Waals surface area contributed by atoms with Gasteiger partial charge in [0.15, 0.2) is 8.32 Å². The molecule has 1 atom stereocenters. The Balaban J connectivity index is 4.61. The van der Waals surface area contributed by atoms with E-state index in [0.717, 1.165) is 0 Å². The molecule has 0 aromatic carbocycles. The average Bonchev–Trinajstić information content (AvgIpc) is 2.14. The predicted octanol–water partition coefficient (Wildman–Crippen LogP) is 2.60. The molecule has 0 saturated carbocycles. The lowest BCUT2D eigenvalue weighted by Gasteiger charge is -2.38. The van der Waals surface area contributed by atoms with E-state index in [9.17, 15) is 9.90 Å². The highest BCUT2D eigenvalue weighted by atomic mass is 28.4. The van der Waals surface area contributed by atoms with Gasteiger partial charge in [0, 0.05) is 11.3 Å². The summed E-state index contributed by atoms with van der Waals surface area (Å²) in [6.07, 6.45) is -0.665. The van der Waals surface area contributed by atoms with Crippen molar-refractivity contribution < 1.29 is 14.3 Å². The fraction of sp³-hybridized carbons (Fsp3) is 0.900. The summed E-state index contributed by atoms with van der Waals surface area (Å²) in [6.45, 7) is 10.0. The van der Waals surface area contributed by atoms with Crippen molar-refractivity contribution in [3.8, 4) is 0 Å². The average molecular weight is 259 g/mol. The van der Waals surface area contributed by atoms with Crippen molar-refractivity contribution in [1.82, 2.24) is 0 Å². The van der Waals surface area contributed by atoms with Gasteiger partial charge in [0.2, 0.25) is 5.91 Å². The zero-order valence-corrected chi connectivity index (χ0v) is 12.1. The van der Waals surface area contributed by atoms with E-state index < -0.39 is 20.3 Å². The number of carbonyl (C=O) groups is 1. The Morgan fingerprint density at radius 1 is 1.53 bits per heavy atom. The van der Waals surface area contributed by atoms with E-state index in [-0.39, 0.29) is 18.1 Å². The minimum Gasteiger partial charge on any atom is -0.411 e. The third-order valence-electron chi connectivity index (χ3n) is 3.03. The highest BCUT2D eigenvalue weighted by molar-refractivity contribution is 6.74. The van der Waals surface area contributed by atoms with E-state index in [1.165, 1.54) is 0 Å². The molecular weight excluding hydrogens is 238 g/mol. The molecule has 0 aromatic heterocycles.